The van der Waals surface area contributed by atoms with Gasteiger partial charge in [-0.05, 0) is 32.0 Å². The molecular formula is C13H16N4O3. The zero-order chi connectivity index (χ0) is 15.1. The minimum atomic E-state index is -0.994. The summed E-state index contributed by atoms with van der Waals surface area (Å²) in [4.78, 5) is 36.6. The first-order valence-corrected chi connectivity index (χ1v) is 6.04. The number of carbonyl (C=O) groups is 3. The Morgan fingerprint density at radius 3 is 2.60 bits per heavy atom. The second-order valence-electron chi connectivity index (χ2n) is 5.16. The van der Waals surface area contributed by atoms with Crippen molar-refractivity contribution in [1.29, 1.82) is 0 Å². The van der Waals surface area contributed by atoms with Gasteiger partial charge in [0, 0.05) is 5.69 Å². The summed E-state index contributed by atoms with van der Waals surface area (Å²) in [5.41, 5.74) is 11.1. The van der Waals surface area contributed by atoms with Gasteiger partial charge in [0.2, 0.25) is 5.91 Å². The number of rotatable bonds is 2. The van der Waals surface area contributed by atoms with Crippen LogP contribution in [0, 0.1) is 0 Å². The van der Waals surface area contributed by atoms with E-state index >= 15 is 0 Å². The van der Waals surface area contributed by atoms with Crippen LogP contribution in [0.5, 0.6) is 0 Å². The molecule has 1 aliphatic rings. The first kappa shape index (κ1) is 13.9. The third kappa shape index (κ3) is 2.18. The smallest absolute Gasteiger partial charge is 0.251 e. The molecule has 0 aromatic heterocycles. The number of amides is 3. The Morgan fingerprint density at radius 2 is 2.00 bits per heavy atom. The highest BCUT2D eigenvalue weighted by Gasteiger charge is 2.42. The number of piperazine rings is 1. The molecule has 0 saturated carbocycles. The lowest BCUT2D eigenvalue weighted by atomic mass is 9.96. The highest BCUT2D eigenvalue weighted by atomic mass is 16.2. The number of nitrogens with zero attached hydrogens (tertiary/aromatic N) is 1. The molecular weight excluding hydrogens is 260 g/mol. The van der Waals surface area contributed by atoms with E-state index in [1.165, 1.54) is 17.0 Å². The normalized spacial score (nSPS) is 17.8. The maximum atomic E-state index is 12.0. The number of benzene rings is 1. The highest BCUT2D eigenvalue weighted by Crippen LogP contribution is 2.31. The summed E-state index contributed by atoms with van der Waals surface area (Å²) >= 11 is 0. The number of hydrogen-bond acceptors (Lipinski definition) is 5. The van der Waals surface area contributed by atoms with Crippen molar-refractivity contribution in [3.63, 3.8) is 0 Å². The van der Waals surface area contributed by atoms with Crippen LogP contribution in [0.4, 0.5) is 11.4 Å². The molecule has 7 nitrogen and oxygen atoms in total. The molecule has 7 heteroatoms. The Balaban J connectivity index is 2.59. The van der Waals surface area contributed by atoms with Gasteiger partial charge >= 0.3 is 0 Å². The van der Waals surface area contributed by atoms with Crippen molar-refractivity contribution in [3.05, 3.63) is 23.8 Å². The molecule has 1 aromatic rings. The van der Waals surface area contributed by atoms with E-state index in [-0.39, 0.29) is 12.1 Å². The van der Waals surface area contributed by atoms with Crippen LogP contribution in [0.15, 0.2) is 18.2 Å². The first-order valence-electron chi connectivity index (χ1n) is 6.04. The SMILES string of the molecule is CC1(C)C(=O)NC(=O)CN1c1cc(N)ccc1C(N)=O. The van der Waals surface area contributed by atoms with Gasteiger partial charge in [0.15, 0.2) is 0 Å². The van der Waals surface area contributed by atoms with Crippen LogP contribution < -0.4 is 21.7 Å². The van der Waals surface area contributed by atoms with Crippen molar-refractivity contribution < 1.29 is 14.4 Å². The first-order chi connectivity index (χ1) is 9.23. The second kappa shape index (κ2) is 4.52. The maximum Gasteiger partial charge on any atom is 0.251 e. The van der Waals surface area contributed by atoms with Gasteiger partial charge in [-0.1, -0.05) is 0 Å². The summed E-state index contributed by atoms with van der Waals surface area (Å²) in [6.07, 6.45) is 0. The van der Waals surface area contributed by atoms with Crippen molar-refractivity contribution in [2.24, 2.45) is 5.73 Å². The molecule has 0 unspecified atom stereocenters. The third-order valence-corrected chi connectivity index (χ3v) is 3.36. The molecule has 0 bridgehead atoms. The molecule has 1 heterocycles. The lowest BCUT2D eigenvalue weighted by Crippen LogP contribution is -2.64. The molecule has 3 amide bonds. The highest BCUT2D eigenvalue weighted by molar-refractivity contribution is 6.08. The van der Waals surface area contributed by atoms with Crippen molar-refractivity contribution in [1.82, 2.24) is 5.32 Å². The Hall–Kier alpha value is -2.57. The molecule has 20 heavy (non-hydrogen) atoms. The predicted octanol–water partition coefficient (Wildman–Crippen LogP) is -0.391. The van der Waals surface area contributed by atoms with Gasteiger partial charge in [0.05, 0.1) is 17.8 Å². The van der Waals surface area contributed by atoms with E-state index in [2.05, 4.69) is 5.32 Å². The van der Waals surface area contributed by atoms with Crippen molar-refractivity contribution in [2.75, 3.05) is 17.2 Å². The summed E-state index contributed by atoms with van der Waals surface area (Å²) in [7, 11) is 0. The maximum absolute atomic E-state index is 12.0. The molecule has 1 fully saturated rings. The van der Waals surface area contributed by atoms with E-state index in [9.17, 15) is 14.4 Å². The largest absolute Gasteiger partial charge is 0.399 e. The monoisotopic (exact) mass is 276 g/mol. The lowest BCUT2D eigenvalue weighted by molar-refractivity contribution is -0.135. The number of nitrogens with two attached hydrogens (primary N) is 2. The predicted molar refractivity (Wildman–Crippen MR) is 73.9 cm³/mol. The molecule has 0 radical (unpaired) electrons. The molecule has 5 N–H and O–H groups in total. The van der Waals surface area contributed by atoms with E-state index in [1.807, 2.05) is 0 Å². The molecule has 1 aromatic carbocycles. The van der Waals surface area contributed by atoms with E-state index < -0.39 is 23.3 Å². The van der Waals surface area contributed by atoms with Crippen LogP contribution in [0.1, 0.15) is 24.2 Å². The number of hydrogen-bond donors (Lipinski definition) is 3. The second-order valence-corrected chi connectivity index (χ2v) is 5.16. The molecule has 106 valence electrons. The molecule has 0 aliphatic carbocycles. The molecule has 1 aliphatic heterocycles. The zero-order valence-corrected chi connectivity index (χ0v) is 11.3. The Bertz CT molecular complexity index is 610. The van der Waals surface area contributed by atoms with Crippen molar-refractivity contribution >= 4 is 29.1 Å². The van der Waals surface area contributed by atoms with Crippen LogP contribution in [0.25, 0.3) is 0 Å². The van der Waals surface area contributed by atoms with Gasteiger partial charge < -0.3 is 16.4 Å². The Kier molecular flexibility index (Phi) is 3.13. The molecule has 0 atom stereocenters. The fourth-order valence-corrected chi connectivity index (χ4v) is 2.15. The molecule has 2 rings (SSSR count). The Labute approximate surface area is 115 Å². The summed E-state index contributed by atoms with van der Waals surface area (Å²) in [5.74, 6) is -1.52. The number of primary amides is 1. The molecule has 0 spiro atoms. The summed E-state index contributed by atoms with van der Waals surface area (Å²) in [6, 6.07) is 4.57. The topological polar surface area (TPSA) is 119 Å². The lowest BCUT2D eigenvalue weighted by Gasteiger charge is -2.42. The van der Waals surface area contributed by atoms with Gasteiger partial charge in [-0.3, -0.25) is 19.7 Å². The summed E-state index contributed by atoms with van der Waals surface area (Å²) in [5, 5.41) is 2.27. The fraction of sp³-hybridized carbons (Fsp3) is 0.308. The average molecular weight is 276 g/mol. The minimum absolute atomic E-state index is 0.0531. The summed E-state index contributed by atoms with van der Waals surface area (Å²) in [6.45, 7) is 3.26. The van der Waals surface area contributed by atoms with Crippen molar-refractivity contribution in [3.8, 4) is 0 Å². The Morgan fingerprint density at radius 1 is 1.35 bits per heavy atom. The van der Waals surface area contributed by atoms with Crippen LogP contribution in [0.3, 0.4) is 0 Å². The van der Waals surface area contributed by atoms with Crippen LogP contribution in [0.2, 0.25) is 0 Å². The van der Waals surface area contributed by atoms with Gasteiger partial charge in [-0.2, -0.15) is 0 Å². The number of anilines is 2. The number of carbonyl (C=O) groups excluding carboxylic acids is 3. The van der Waals surface area contributed by atoms with E-state index in [0.717, 1.165) is 0 Å². The number of imide groups is 1. The average Bonchev–Trinajstić information content (AvgIpc) is 2.33. The number of nitrogen functional groups attached to an aromatic ring is 1. The fourth-order valence-electron chi connectivity index (χ4n) is 2.15. The zero-order valence-electron chi connectivity index (χ0n) is 11.3. The van der Waals surface area contributed by atoms with Crippen LogP contribution in [-0.4, -0.2) is 29.8 Å². The van der Waals surface area contributed by atoms with E-state index in [0.29, 0.717) is 11.4 Å². The standard InChI is InChI=1S/C13H16N4O3/c1-13(2)12(20)16-10(18)6-17(13)9-5-7(14)3-4-8(9)11(15)19/h3-5H,6,14H2,1-2H3,(H2,15,19)(H,16,18,20). The van der Waals surface area contributed by atoms with Gasteiger partial charge in [0.25, 0.3) is 11.8 Å². The van der Waals surface area contributed by atoms with Gasteiger partial charge in [-0.25, -0.2) is 0 Å². The quantitative estimate of drug-likeness (QED) is 0.502. The summed E-state index contributed by atoms with van der Waals surface area (Å²) < 4.78 is 0. The van der Waals surface area contributed by atoms with E-state index in [1.54, 1.807) is 19.9 Å². The van der Waals surface area contributed by atoms with Gasteiger partial charge in [0.1, 0.15) is 5.54 Å². The van der Waals surface area contributed by atoms with Crippen molar-refractivity contribution in [2.45, 2.75) is 19.4 Å². The third-order valence-electron chi connectivity index (χ3n) is 3.36. The van der Waals surface area contributed by atoms with Gasteiger partial charge in [-0.15, -0.1) is 0 Å². The van der Waals surface area contributed by atoms with Crippen LogP contribution in [-0.2, 0) is 9.59 Å². The number of nitrogens with one attached hydrogen (secondary N) is 1. The minimum Gasteiger partial charge on any atom is -0.399 e. The van der Waals surface area contributed by atoms with E-state index in [4.69, 9.17) is 11.5 Å². The van der Waals surface area contributed by atoms with Crippen LogP contribution >= 0.6 is 0 Å². The molecule has 1 saturated heterocycles.